The summed E-state index contributed by atoms with van der Waals surface area (Å²) in [7, 11) is 1.55. The second kappa shape index (κ2) is 8.19. The Morgan fingerprint density at radius 1 is 1.29 bits per heavy atom. The topological polar surface area (TPSA) is 62.2 Å². The van der Waals surface area contributed by atoms with Gasteiger partial charge in [-0.2, -0.15) is 0 Å². The van der Waals surface area contributed by atoms with Crippen LogP contribution in [0, 0.1) is 0 Å². The Hall–Kier alpha value is -1.30. The van der Waals surface area contributed by atoms with Gasteiger partial charge in [0.15, 0.2) is 11.5 Å². The van der Waals surface area contributed by atoms with E-state index in [9.17, 15) is 10.2 Å². The lowest BCUT2D eigenvalue weighted by Gasteiger charge is -2.37. The Kier molecular flexibility index (Phi) is 5.52. The van der Waals surface area contributed by atoms with Crippen molar-refractivity contribution in [1.82, 2.24) is 4.90 Å². The molecule has 1 aromatic rings. The fourth-order valence-electron chi connectivity index (χ4n) is 3.84. The Morgan fingerprint density at radius 2 is 2.12 bits per heavy atom. The van der Waals surface area contributed by atoms with Gasteiger partial charge in [-0.25, -0.2) is 0 Å². The smallest absolute Gasteiger partial charge is 0.160 e. The van der Waals surface area contributed by atoms with Crippen molar-refractivity contribution < 1.29 is 21.1 Å². The quantitative estimate of drug-likeness (QED) is 0.835. The molecule has 24 heavy (non-hydrogen) atoms. The number of aromatic hydroxyl groups is 1. The van der Waals surface area contributed by atoms with Crippen LogP contribution >= 0.6 is 0 Å². The minimum Gasteiger partial charge on any atom is -0.504 e. The van der Waals surface area contributed by atoms with E-state index in [1.807, 2.05) is 12.1 Å². The summed E-state index contributed by atoms with van der Waals surface area (Å²) in [6.45, 7) is 1.82. The van der Waals surface area contributed by atoms with Crippen LogP contribution in [0.25, 0.3) is 0 Å². The van der Waals surface area contributed by atoms with E-state index in [1.165, 1.54) is 12.8 Å². The highest BCUT2D eigenvalue weighted by Gasteiger charge is 2.34. The number of benzene rings is 1. The van der Waals surface area contributed by atoms with Gasteiger partial charge in [-0.3, -0.25) is 4.90 Å². The largest absolute Gasteiger partial charge is 0.504 e. The minimum absolute atomic E-state index is 0.149. The van der Waals surface area contributed by atoms with Crippen LogP contribution in [0.15, 0.2) is 18.2 Å². The van der Waals surface area contributed by atoms with Gasteiger partial charge in [0, 0.05) is 19.1 Å². The molecule has 1 heterocycles. The fraction of sp³-hybridized carbons (Fsp3) is 0.684. The highest BCUT2D eigenvalue weighted by Crippen LogP contribution is 2.29. The van der Waals surface area contributed by atoms with E-state index in [4.69, 9.17) is 10.8 Å². The van der Waals surface area contributed by atoms with Crippen LogP contribution in [0.1, 0.15) is 39.0 Å². The molecule has 5 heteroatoms. The average Bonchev–Trinajstić information content (AvgIpc) is 2.96. The zero-order valence-electron chi connectivity index (χ0n) is 15.4. The molecule has 1 aliphatic carbocycles. The van der Waals surface area contributed by atoms with Gasteiger partial charge < -0.3 is 19.7 Å². The van der Waals surface area contributed by atoms with Crippen LogP contribution in [0.4, 0.5) is 0 Å². The lowest BCUT2D eigenvalue weighted by atomic mass is 9.91. The number of ether oxygens (including phenoxy) is 2. The van der Waals surface area contributed by atoms with Crippen LogP contribution in [-0.4, -0.2) is 60.1 Å². The van der Waals surface area contributed by atoms with Crippen LogP contribution in [0.2, 0.25) is 0 Å². The summed E-state index contributed by atoms with van der Waals surface area (Å²) in [5.74, 6) is 0.635. The molecule has 1 aliphatic heterocycles. The van der Waals surface area contributed by atoms with Crippen molar-refractivity contribution in [3.05, 3.63) is 23.8 Å². The molecule has 1 unspecified atom stereocenters. The molecule has 0 radical (unpaired) electrons. The molecule has 1 saturated heterocycles. The number of nitrogens with zero attached hydrogens (tertiary/aromatic N) is 1. The van der Waals surface area contributed by atoms with Crippen LogP contribution in [0.3, 0.4) is 0 Å². The van der Waals surface area contributed by atoms with E-state index in [2.05, 4.69) is 4.90 Å². The molecule has 0 spiro atoms. The molecule has 3 atom stereocenters. The Bertz CT molecular complexity index is 581. The monoisotopic (exact) mass is 336 g/mol. The van der Waals surface area contributed by atoms with Crippen molar-refractivity contribution in [1.29, 1.82) is 0 Å². The highest BCUT2D eigenvalue weighted by molar-refractivity contribution is 5.41. The second-order valence-electron chi connectivity index (χ2n) is 6.80. The molecule has 2 N–H and O–H groups in total. The van der Waals surface area contributed by atoms with Gasteiger partial charge in [-0.15, -0.1) is 0 Å². The molecule has 134 valence electrons. The first-order chi connectivity index (χ1) is 12.0. The second-order valence-corrected chi connectivity index (χ2v) is 6.80. The van der Waals surface area contributed by atoms with Crippen LogP contribution in [-0.2, 0) is 11.2 Å². The zero-order valence-corrected chi connectivity index (χ0v) is 14.4. The maximum Gasteiger partial charge on any atom is 0.160 e. The third-order valence-electron chi connectivity index (χ3n) is 5.18. The summed E-state index contributed by atoms with van der Waals surface area (Å²) >= 11 is 0. The standard InChI is InChI=1S/C19H29NO4/c1-23-19-12-14(6-7-17(19)22)9-11-24-18-5-3-2-4-16(18)20-10-8-15(21)13-20/h6-7,12,15-16,18,21-22H,2-5,8-11,13H2,1H3/t15?,16-,18-/m1/s1/i15D. The van der Waals surface area contributed by atoms with E-state index in [0.29, 0.717) is 31.4 Å². The summed E-state index contributed by atoms with van der Waals surface area (Å²) in [5.41, 5.74) is 1.07. The third-order valence-corrected chi connectivity index (χ3v) is 5.18. The van der Waals surface area contributed by atoms with Crippen molar-refractivity contribution in [2.24, 2.45) is 0 Å². The van der Waals surface area contributed by atoms with Crippen LogP contribution < -0.4 is 4.74 Å². The predicted octanol–water partition coefficient (Wildman–Crippen LogP) is 2.34. The maximum absolute atomic E-state index is 9.93. The van der Waals surface area contributed by atoms with Gasteiger partial charge in [0.1, 0.15) is 0 Å². The predicted molar refractivity (Wildman–Crippen MR) is 92.6 cm³/mol. The van der Waals surface area contributed by atoms with Gasteiger partial charge in [0.05, 0.1) is 27.3 Å². The SMILES string of the molecule is [2H]C1(O)CCN([C@@H]2CCCC[C@H]2OCCc2ccc(O)c(OC)c2)C1. The molecule has 5 nitrogen and oxygen atoms in total. The van der Waals surface area contributed by atoms with E-state index < -0.39 is 6.08 Å². The van der Waals surface area contributed by atoms with Crippen molar-refractivity contribution >= 4 is 0 Å². The number of β-amino-alcohol motifs (C(OH)–C–C–N with tert-alkyl or cyclic N) is 1. The van der Waals surface area contributed by atoms with Gasteiger partial charge in [-0.05, 0) is 43.4 Å². The van der Waals surface area contributed by atoms with Gasteiger partial charge in [0.25, 0.3) is 0 Å². The number of rotatable bonds is 6. The van der Waals surface area contributed by atoms with E-state index in [0.717, 1.165) is 31.4 Å². The van der Waals surface area contributed by atoms with E-state index in [1.54, 1.807) is 13.2 Å². The number of hydrogen-bond donors (Lipinski definition) is 2. The maximum atomic E-state index is 9.93. The molecule has 3 rings (SSSR count). The number of hydrogen-bond acceptors (Lipinski definition) is 5. The summed E-state index contributed by atoms with van der Waals surface area (Å²) < 4.78 is 19.2. The Balaban J connectivity index is 1.54. The number of likely N-dealkylation sites (tertiary alicyclic amines) is 1. The number of phenolic OH excluding ortho intramolecular Hbond substituents is 1. The number of methoxy groups -OCH3 is 1. The van der Waals surface area contributed by atoms with Crippen molar-refractivity contribution in [3.8, 4) is 11.5 Å². The van der Waals surface area contributed by atoms with Crippen molar-refractivity contribution in [2.75, 3.05) is 26.8 Å². The van der Waals surface area contributed by atoms with Gasteiger partial charge in [-0.1, -0.05) is 18.9 Å². The first kappa shape index (κ1) is 16.2. The molecule has 1 saturated carbocycles. The molecule has 2 aliphatic rings. The third kappa shape index (κ3) is 4.21. The molecule has 2 fully saturated rings. The molecule has 0 aromatic heterocycles. The van der Waals surface area contributed by atoms with E-state index >= 15 is 0 Å². The molecule has 0 bridgehead atoms. The molecule has 1 aromatic carbocycles. The Morgan fingerprint density at radius 3 is 2.88 bits per heavy atom. The minimum atomic E-state index is -1.30. The number of aliphatic hydroxyl groups is 1. The lowest BCUT2D eigenvalue weighted by Crippen LogP contribution is -2.46. The highest BCUT2D eigenvalue weighted by atomic mass is 16.5. The zero-order chi connectivity index (χ0) is 17.9. The summed E-state index contributed by atoms with van der Waals surface area (Å²) in [4.78, 5) is 2.24. The van der Waals surface area contributed by atoms with Crippen molar-refractivity contribution in [2.45, 2.75) is 56.8 Å². The first-order valence-corrected chi connectivity index (χ1v) is 8.92. The van der Waals surface area contributed by atoms with Crippen LogP contribution in [0.5, 0.6) is 11.5 Å². The van der Waals surface area contributed by atoms with Crippen molar-refractivity contribution in [3.63, 3.8) is 0 Å². The summed E-state index contributed by atoms with van der Waals surface area (Å²) in [5, 5.41) is 19.6. The Labute approximate surface area is 145 Å². The molecular formula is C19H29NO4. The molecule has 0 amide bonds. The van der Waals surface area contributed by atoms with E-state index in [-0.39, 0.29) is 11.9 Å². The molecular weight excluding hydrogens is 306 g/mol. The van der Waals surface area contributed by atoms with Gasteiger partial charge in [0.2, 0.25) is 0 Å². The summed E-state index contributed by atoms with van der Waals surface area (Å²) in [6.07, 6.45) is 4.63. The lowest BCUT2D eigenvalue weighted by molar-refractivity contribution is -0.0316. The fourth-order valence-corrected chi connectivity index (χ4v) is 3.84. The normalized spacial score (nSPS) is 31.8. The number of phenols is 1. The first-order valence-electron chi connectivity index (χ1n) is 9.42. The summed E-state index contributed by atoms with van der Waals surface area (Å²) in [6, 6.07) is 5.69. The van der Waals surface area contributed by atoms with Gasteiger partial charge >= 0.3 is 0 Å². The average molecular weight is 336 g/mol.